The van der Waals surface area contributed by atoms with Gasteiger partial charge in [0, 0.05) is 23.1 Å². The van der Waals surface area contributed by atoms with Crippen LogP contribution in [0.25, 0.3) is 0 Å². The Morgan fingerprint density at radius 2 is 1.95 bits per heavy atom. The minimum atomic E-state index is 0.529. The van der Waals surface area contributed by atoms with E-state index in [1.54, 1.807) is 7.11 Å². The lowest BCUT2D eigenvalue weighted by Crippen LogP contribution is -2.44. The Balaban J connectivity index is 1.74. The van der Waals surface area contributed by atoms with E-state index < -0.39 is 0 Å². The maximum absolute atomic E-state index is 6.08. The molecule has 1 N–H and O–H groups in total. The smallest absolute Gasteiger partial charge is 0.142 e. The number of hydrogen-bond donors (Lipinski definition) is 1. The van der Waals surface area contributed by atoms with Crippen LogP contribution in [-0.2, 0) is 0 Å². The van der Waals surface area contributed by atoms with Gasteiger partial charge in [-0.05, 0) is 50.9 Å². The number of piperidine rings is 1. The van der Waals surface area contributed by atoms with Crippen molar-refractivity contribution in [2.24, 2.45) is 0 Å². The Morgan fingerprint density at radius 3 is 2.58 bits per heavy atom. The molecule has 4 heteroatoms. The monoisotopic (exact) mass is 280 g/mol. The van der Waals surface area contributed by atoms with Crippen LogP contribution < -0.4 is 10.1 Å². The van der Waals surface area contributed by atoms with Crippen molar-refractivity contribution in [3.05, 3.63) is 23.2 Å². The zero-order chi connectivity index (χ0) is 13.4. The third-order valence-electron chi connectivity index (χ3n) is 4.62. The molecular formula is C15H21ClN2O. The second-order valence-corrected chi connectivity index (χ2v) is 6.14. The Hall–Kier alpha value is -0.930. The molecule has 0 aromatic heterocycles. The molecule has 0 aliphatic carbocycles. The first-order valence-electron chi connectivity index (χ1n) is 6.99. The van der Waals surface area contributed by atoms with Crippen LogP contribution in [0.1, 0.15) is 25.7 Å². The van der Waals surface area contributed by atoms with Gasteiger partial charge in [-0.3, -0.25) is 0 Å². The summed E-state index contributed by atoms with van der Waals surface area (Å²) in [5.41, 5.74) is 1.02. The van der Waals surface area contributed by atoms with E-state index in [0.717, 1.165) is 28.5 Å². The maximum Gasteiger partial charge on any atom is 0.142 e. The first-order chi connectivity index (χ1) is 9.17. The van der Waals surface area contributed by atoms with Crippen LogP contribution in [0.5, 0.6) is 5.75 Å². The van der Waals surface area contributed by atoms with Crippen molar-refractivity contribution in [1.82, 2.24) is 4.90 Å². The molecule has 2 unspecified atom stereocenters. The van der Waals surface area contributed by atoms with Crippen molar-refractivity contribution in [3.63, 3.8) is 0 Å². The van der Waals surface area contributed by atoms with Gasteiger partial charge in [-0.2, -0.15) is 0 Å². The van der Waals surface area contributed by atoms with Gasteiger partial charge in [0.05, 0.1) is 12.8 Å². The van der Waals surface area contributed by atoms with Gasteiger partial charge in [0.15, 0.2) is 0 Å². The normalized spacial score (nSPS) is 30.4. The highest BCUT2D eigenvalue weighted by Gasteiger charge is 2.38. The number of anilines is 1. The van der Waals surface area contributed by atoms with Crippen molar-refractivity contribution in [2.45, 2.75) is 43.8 Å². The lowest BCUT2D eigenvalue weighted by Gasteiger charge is -2.37. The van der Waals surface area contributed by atoms with Crippen LogP contribution in [0.15, 0.2) is 18.2 Å². The molecule has 104 valence electrons. The van der Waals surface area contributed by atoms with E-state index >= 15 is 0 Å². The van der Waals surface area contributed by atoms with Gasteiger partial charge in [-0.25, -0.2) is 0 Å². The van der Waals surface area contributed by atoms with E-state index in [4.69, 9.17) is 16.3 Å². The highest BCUT2D eigenvalue weighted by Crippen LogP contribution is 2.37. The zero-order valence-corrected chi connectivity index (χ0v) is 12.3. The van der Waals surface area contributed by atoms with E-state index in [1.807, 2.05) is 18.2 Å². The van der Waals surface area contributed by atoms with Gasteiger partial charge in [-0.15, -0.1) is 0 Å². The Kier molecular flexibility index (Phi) is 3.59. The van der Waals surface area contributed by atoms with Crippen molar-refractivity contribution < 1.29 is 4.74 Å². The summed E-state index contributed by atoms with van der Waals surface area (Å²) in [5.74, 6) is 0.871. The van der Waals surface area contributed by atoms with Crippen molar-refractivity contribution in [2.75, 3.05) is 19.5 Å². The summed E-state index contributed by atoms with van der Waals surface area (Å²) in [6.07, 6.45) is 5.10. The van der Waals surface area contributed by atoms with E-state index in [-0.39, 0.29) is 0 Å². The molecule has 0 spiro atoms. The molecule has 0 amide bonds. The molecule has 0 radical (unpaired) electrons. The number of fused-ring (bicyclic) bond motifs is 2. The van der Waals surface area contributed by atoms with E-state index in [2.05, 4.69) is 17.3 Å². The van der Waals surface area contributed by atoms with E-state index in [0.29, 0.717) is 6.04 Å². The zero-order valence-electron chi connectivity index (χ0n) is 11.5. The largest absolute Gasteiger partial charge is 0.495 e. The lowest BCUT2D eigenvalue weighted by molar-refractivity contribution is 0.169. The number of halogens is 1. The maximum atomic E-state index is 6.08. The Labute approximate surface area is 119 Å². The minimum absolute atomic E-state index is 0.529. The van der Waals surface area contributed by atoms with E-state index in [1.165, 1.54) is 25.7 Å². The van der Waals surface area contributed by atoms with Crippen LogP contribution >= 0.6 is 11.6 Å². The molecule has 2 atom stereocenters. The van der Waals surface area contributed by atoms with Crippen LogP contribution in [0.4, 0.5) is 5.69 Å². The van der Waals surface area contributed by atoms with Crippen LogP contribution in [-0.4, -0.2) is 37.2 Å². The number of hydrogen-bond acceptors (Lipinski definition) is 3. The molecule has 1 aromatic carbocycles. The average molecular weight is 281 g/mol. The molecule has 2 aliphatic rings. The number of methoxy groups -OCH3 is 1. The van der Waals surface area contributed by atoms with Crippen molar-refractivity contribution in [3.8, 4) is 5.75 Å². The Bertz CT molecular complexity index is 451. The molecule has 2 bridgehead atoms. The van der Waals surface area contributed by atoms with Gasteiger partial charge in [0.2, 0.25) is 0 Å². The fourth-order valence-electron chi connectivity index (χ4n) is 3.54. The number of nitrogens with zero attached hydrogens (tertiary/aromatic N) is 1. The van der Waals surface area contributed by atoms with E-state index in [9.17, 15) is 0 Å². The number of nitrogens with one attached hydrogen (secondary N) is 1. The molecular weight excluding hydrogens is 260 g/mol. The van der Waals surface area contributed by atoms with Gasteiger partial charge < -0.3 is 15.0 Å². The number of benzene rings is 1. The molecule has 2 fully saturated rings. The second kappa shape index (κ2) is 5.22. The van der Waals surface area contributed by atoms with Crippen LogP contribution in [0, 0.1) is 0 Å². The summed E-state index contributed by atoms with van der Waals surface area (Å²) < 4.78 is 5.40. The van der Waals surface area contributed by atoms with Crippen LogP contribution in [0.3, 0.4) is 0 Å². The molecule has 2 saturated heterocycles. The third-order valence-corrected chi connectivity index (χ3v) is 4.85. The molecule has 19 heavy (non-hydrogen) atoms. The lowest BCUT2D eigenvalue weighted by atomic mass is 9.97. The minimum Gasteiger partial charge on any atom is -0.495 e. The van der Waals surface area contributed by atoms with Crippen molar-refractivity contribution >= 4 is 17.3 Å². The number of ether oxygens (including phenoxy) is 1. The Morgan fingerprint density at radius 1 is 1.26 bits per heavy atom. The first kappa shape index (κ1) is 13.1. The fourth-order valence-corrected chi connectivity index (χ4v) is 3.71. The predicted molar refractivity (Wildman–Crippen MR) is 79.2 cm³/mol. The summed E-state index contributed by atoms with van der Waals surface area (Å²) in [7, 11) is 3.96. The van der Waals surface area contributed by atoms with Crippen molar-refractivity contribution in [1.29, 1.82) is 0 Å². The summed E-state index contributed by atoms with van der Waals surface area (Å²) in [6.45, 7) is 0. The summed E-state index contributed by atoms with van der Waals surface area (Å²) >= 11 is 6.08. The van der Waals surface area contributed by atoms with Crippen LogP contribution in [0.2, 0.25) is 5.02 Å². The molecule has 2 aliphatic heterocycles. The third kappa shape index (κ3) is 2.54. The molecule has 0 saturated carbocycles. The topological polar surface area (TPSA) is 24.5 Å². The molecule has 3 rings (SSSR count). The SMILES string of the molecule is COc1ccc(Cl)cc1NC1CC2CCC(C1)N2C. The van der Waals surface area contributed by atoms with Gasteiger partial charge in [0.25, 0.3) is 0 Å². The number of rotatable bonds is 3. The van der Waals surface area contributed by atoms with Gasteiger partial charge in [0.1, 0.15) is 5.75 Å². The van der Waals surface area contributed by atoms with Gasteiger partial charge in [-0.1, -0.05) is 11.6 Å². The average Bonchev–Trinajstić information content (AvgIpc) is 2.63. The molecule has 1 aromatic rings. The molecule has 2 heterocycles. The van der Waals surface area contributed by atoms with Gasteiger partial charge >= 0.3 is 0 Å². The second-order valence-electron chi connectivity index (χ2n) is 5.71. The first-order valence-corrected chi connectivity index (χ1v) is 7.37. The summed E-state index contributed by atoms with van der Waals surface area (Å²) in [4.78, 5) is 2.55. The quantitative estimate of drug-likeness (QED) is 0.919. The standard InChI is InChI=1S/C15H21ClN2O/c1-18-12-4-5-13(18)9-11(8-12)17-14-7-10(16)3-6-15(14)19-2/h3,6-7,11-13,17H,4-5,8-9H2,1-2H3. The highest BCUT2D eigenvalue weighted by molar-refractivity contribution is 6.30. The molecule has 3 nitrogen and oxygen atoms in total. The fraction of sp³-hybridized carbons (Fsp3) is 0.600. The summed E-state index contributed by atoms with van der Waals surface area (Å²) in [6, 6.07) is 7.75. The highest BCUT2D eigenvalue weighted by atomic mass is 35.5. The summed E-state index contributed by atoms with van der Waals surface area (Å²) in [5, 5.41) is 4.38. The predicted octanol–water partition coefficient (Wildman–Crippen LogP) is 3.39.